The Morgan fingerprint density at radius 2 is 1.66 bits per heavy atom. The highest BCUT2D eigenvalue weighted by Gasteiger charge is 2.31. The van der Waals surface area contributed by atoms with Crippen LogP contribution in [0, 0.1) is 0 Å². The quantitative estimate of drug-likeness (QED) is 0.629. The molecule has 0 saturated heterocycles. The highest BCUT2D eigenvalue weighted by Crippen LogP contribution is 2.37. The van der Waals surface area contributed by atoms with E-state index in [4.69, 9.17) is 4.74 Å². The molecule has 3 aromatic rings. The molecule has 1 aliphatic heterocycles. The van der Waals surface area contributed by atoms with Gasteiger partial charge in [0.1, 0.15) is 5.75 Å². The van der Waals surface area contributed by atoms with E-state index in [1.807, 2.05) is 36.4 Å². The largest absolute Gasteiger partial charge is 0.479 e. The normalized spacial score (nSPS) is 14.8. The Hall–Kier alpha value is -4.13. The van der Waals surface area contributed by atoms with Crippen molar-refractivity contribution >= 4 is 29.1 Å². The van der Waals surface area contributed by atoms with Crippen molar-refractivity contribution in [2.75, 3.05) is 16.8 Å². The smallest absolute Gasteiger partial charge is 0.268 e. The molecule has 0 aromatic heterocycles. The molecule has 0 fully saturated rings. The Bertz CT molecular complexity index is 1130. The summed E-state index contributed by atoms with van der Waals surface area (Å²) in [6.07, 6.45) is -0.597. The number of nitrogens with zero attached hydrogens (tertiary/aromatic N) is 1. The molecule has 7 nitrogen and oxygen atoms in total. The molecule has 0 bridgehead atoms. The fourth-order valence-corrected chi connectivity index (χ4v) is 3.47. The van der Waals surface area contributed by atoms with Crippen molar-refractivity contribution in [2.24, 2.45) is 0 Å². The second-order valence-corrected chi connectivity index (χ2v) is 7.45. The molecule has 0 aliphatic carbocycles. The molecule has 4 rings (SSSR count). The first kappa shape index (κ1) is 21.1. The molecule has 3 amide bonds. The number of anilines is 2. The molecular formula is C25H23N3O4. The lowest BCUT2D eigenvalue weighted by atomic mass is 10.1. The average Bonchev–Trinajstić information content (AvgIpc) is 2.82. The minimum atomic E-state index is -0.597. The first-order valence-electron chi connectivity index (χ1n) is 10.3. The predicted octanol–water partition coefficient (Wildman–Crippen LogP) is 3.37. The number of hydrogen-bond acceptors (Lipinski definition) is 4. The molecule has 2 N–H and O–H groups in total. The van der Waals surface area contributed by atoms with Gasteiger partial charge in [-0.1, -0.05) is 48.5 Å². The van der Waals surface area contributed by atoms with E-state index in [-0.39, 0.29) is 24.3 Å². The van der Waals surface area contributed by atoms with Gasteiger partial charge in [-0.05, 0) is 42.8 Å². The van der Waals surface area contributed by atoms with Crippen molar-refractivity contribution in [1.29, 1.82) is 0 Å². The van der Waals surface area contributed by atoms with E-state index in [1.54, 1.807) is 54.3 Å². The lowest BCUT2D eigenvalue weighted by molar-refractivity contribution is -0.125. The molecular weight excluding hydrogens is 406 g/mol. The third-order valence-corrected chi connectivity index (χ3v) is 5.08. The molecule has 1 heterocycles. The van der Waals surface area contributed by atoms with Gasteiger partial charge in [0, 0.05) is 11.3 Å². The van der Waals surface area contributed by atoms with Crippen molar-refractivity contribution in [3.05, 3.63) is 90.0 Å². The highest BCUT2D eigenvalue weighted by molar-refractivity contribution is 6.02. The molecule has 1 unspecified atom stereocenters. The van der Waals surface area contributed by atoms with Crippen LogP contribution in [-0.2, 0) is 16.1 Å². The summed E-state index contributed by atoms with van der Waals surface area (Å²) in [5.74, 6) is -0.281. The third kappa shape index (κ3) is 4.78. The van der Waals surface area contributed by atoms with E-state index in [0.717, 1.165) is 5.56 Å². The molecule has 1 aliphatic rings. The number of nitrogens with one attached hydrogen (secondary N) is 2. The predicted molar refractivity (Wildman–Crippen MR) is 122 cm³/mol. The van der Waals surface area contributed by atoms with Crippen LogP contribution < -0.4 is 20.3 Å². The van der Waals surface area contributed by atoms with Crippen LogP contribution in [0.1, 0.15) is 22.8 Å². The van der Waals surface area contributed by atoms with Gasteiger partial charge in [0.2, 0.25) is 5.91 Å². The van der Waals surface area contributed by atoms with Gasteiger partial charge in [0.15, 0.2) is 6.10 Å². The van der Waals surface area contributed by atoms with E-state index in [2.05, 4.69) is 10.6 Å². The molecule has 3 aromatic carbocycles. The maximum absolute atomic E-state index is 12.8. The summed E-state index contributed by atoms with van der Waals surface area (Å²) in [5, 5.41) is 5.36. The van der Waals surface area contributed by atoms with Gasteiger partial charge >= 0.3 is 0 Å². The van der Waals surface area contributed by atoms with Gasteiger partial charge in [0.05, 0.1) is 18.8 Å². The van der Waals surface area contributed by atoms with Gasteiger partial charge in [-0.15, -0.1) is 0 Å². The maximum atomic E-state index is 12.8. The number of carbonyl (C=O) groups excluding carboxylic acids is 3. The van der Waals surface area contributed by atoms with Gasteiger partial charge < -0.3 is 20.3 Å². The lowest BCUT2D eigenvalue weighted by Crippen LogP contribution is -2.44. The van der Waals surface area contributed by atoms with Gasteiger partial charge in [-0.2, -0.15) is 0 Å². The Morgan fingerprint density at radius 1 is 0.969 bits per heavy atom. The Morgan fingerprint density at radius 3 is 2.38 bits per heavy atom. The van der Waals surface area contributed by atoms with E-state index < -0.39 is 6.10 Å². The highest BCUT2D eigenvalue weighted by atomic mass is 16.5. The number of hydrogen-bond donors (Lipinski definition) is 2. The summed E-state index contributed by atoms with van der Waals surface area (Å²) in [6.45, 7) is 1.93. The minimum absolute atomic E-state index is 0.153. The molecule has 0 radical (unpaired) electrons. The second-order valence-electron chi connectivity index (χ2n) is 7.45. The zero-order valence-corrected chi connectivity index (χ0v) is 17.6. The summed E-state index contributed by atoms with van der Waals surface area (Å²) >= 11 is 0. The summed E-state index contributed by atoms with van der Waals surface area (Å²) in [6, 6.07) is 23.5. The molecule has 1 atom stereocenters. The molecule has 0 saturated carbocycles. The molecule has 7 heteroatoms. The van der Waals surface area contributed by atoms with Crippen LogP contribution in [0.15, 0.2) is 78.9 Å². The second kappa shape index (κ2) is 9.34. The Balaban J connectivity index is 1.46. The van der Waals surface area contributed by atoms with Crippen LogP contribution in [0.3, 0.4) is 0 Å². The topological polar surface area (TPSA) is 87.7 Å². The SMILES string of the molecule is CC1Oc2ccc(NC(=O)CNC(=O)c3ccccc3)cc2N(Cc2ccccc2)C1=O. The van der Waals surface area contributed by atoms with Crippen molar-refractivity contribution in [1.82, 2.24) is 5.32 Å². The van der Waals surface area contributed by atoms with Crippen LogP contribution in [-0.4, -0.2) is 30.4 Å². The number of rotatable bonds is 6. The molecule has 0 spiro atoms. The van der Waals surface area contributed by atoms with Crippen molar-refractivity contribution < 1.29 is 19.1 Å². The van der Waals surface area contributed by atoms with Crippen LogP contribution in [0.25, 0.3) is 0 Å². The summed E-state index contributed by atoms with van der Waals surface area (Å²) in [7, 11) is 0. The number of carbonyl (C=O) groups is 3. The summed E-state index contributed by atoms with van der Waals surface area (Å²) in [4.78, 5) is 39.0. The van der Waals surface area contributed by atoms with E-state index in [1.165, 1.54) is 0 Å². The standard InChI is InChI=1S/C25H23N3O4/c1-17-25(31)28(16-18-8-4-2-5-9-18)21-14-20(12-13-22(21)32-17)27-23(29)15-26-24(30)19-10-6-3-7-11-19/h2-14,17H,15-16H2,1H3,(H,26,30)(H,27,29). The summed E-state index contributed by atoms with van der Waals surface area (Å²) < 4.78 is 5.74. The zero-order valence-electron chi connectivity index (χ0n) is 17.6. The summed E-state index contributed by atoms with van der Waals surface area (Å²) in [5.41, 5.74) is 2.56. The number of fused-ring (bicyclic) bond motifs is 1. The number of benzene rings is 3. The molecule has 162 valence electrons. The Labute approximate surface area is 186 Å². The van der Waals surface area contributed by atoms with E-state index >= 15 is 0 Å². The van der Waals surface area contributed by atoms with Crippen LogP contribution >= 0.6 is 0 Å². The number of amides is 3. The fraction of sp³-hybridized carbons (Fsp3) is 0.160. The third-order valence-electron chi connectivity index (χ3n) is 5.08. The monoisotopic (exact) mass is 429 g/mol. The minimum Gasteiger partial charge on any atom is -0.479 e. The maximum Gasteiger partial charge on any atom is 0.268 e. The van der Waals surface area contributed by atoms with Gasteiger partial charge in [0.25, 0.3) is 11.8 Å². The molecule has 32 heavy (non-hydrogen) atoms. The van der Waals surface area contributed by atoms with E-state index in [0.29, 0.717) is 29.2 Å². The number of ether oxygens (including phenoxy) is 1. The van der Waals surface area contributed by atoms with Crippen LogP contribution in [0.4, 0.5) is 11.4 Å². The average molecular weight is 429 g/mol. The van der Waals surface area contributed by atoms with E-state index in [9.17, 15) is 14.4 Å². The van der Waals surface area contributed by atoms with Gasteiger partial charge in [-0.3, -0.25) is 14.4 Å². The van der Waals surface area contributed by atoms with Gasteiger partial charge in [-0.25, -0.2) is 0 Å². The van der Waals surface area contributed by atoms with Crippen molar-refractivity contribution in [2.45, 2.75) is 19.6 Å². The van der Waals surface area contributed by atoms with Crippen LogP contribution in [0.2, 0.25) is 0 Å². The first-order chi connectivity index (χ1) is 15.5. The first-order valence-corrected chi connectivity index (χ1v) is 10.3. The lowest BCUT2D eigenvalue weighted by Gasteiger charge is -2.33. The fourth-order valence-electron chi connectivity index (χ4n) is 3.47. The van der Waals surface area contributed by atoms with Crippen molar-refractivity contribution in [3.8, 4) is 5.75 Å². The zero-order chi connectivity index (χ0) is 22.5. The van der Waals surface area contributed by atoms with Crippen LogP contribution in [0.5, 0.6) is 5.75 Å². The Kier molecular flexibility index (Phi) is 6.17. The van der Waals surface area contributed by atoms with Crippen molar-refractivity contribution in [3.63, 3.8) is 0 Å².